The summed E-state index contributed by atoms with van der Waals surface area (Å²) in [6, 6.07) is 7.31. The minimum absolute atomic E-state index is 0.748. The Bertz CT molecular complexity index is 418. The highest BCUT2D eigenvalue weighted by molar-refractivity contribution is 7.88. The minimum Gasteiger partial charge on any atom is -0.282 e. The molecule has 1 N–H and O–H groups in total. The Kier molecular flexibility index (Phi) is 2.85. The molecule has 0 atom stereocenters. The van der Waals surface area contributed by atoms with E-state index in [-0.39, 0.29) is 0 Å². The number of aryl methyl sites for hydroxylation is 1. The molecule has 0 aliphatic heterocycles. The Morgan fingerprint density at radius 2 is 2.08 bits per heavy atom. The van der Waals surface area contributed by atoms with Crippen molar-refractivity contribution in [2.75, 3.05) is 0 Å². The molecule has 0 saturated heterocycles. The minimum atomic E-state index is -4.02. The summed E-state index contributed by atoms with van der Waals surface area (Å²) in [5, 5.41) is 0.766. The van der Waals surface area contributed by atoms with Crippen LogP contribution in [-0.2, 0) is 10.1 Å². The van der Waals surface area contributed by atoms with E-state index in [0.29, 0.717) is 0 Å². The van der Waals surface area contributed by atoms with Crippen LogP contribution in [0.25, 0.3) is 6.08 Å². The van der Waals surface area contributed by atoms with Gasteiger partial charge in [-0.05, 0) is 18.6 Å². The molecule has 0 spiro atoms. The largest absolute Gasteiger partial charge is 0.287 e. The number of rotatable bonds is 2. The topological polar surface area (TPSA) is 54.4 Å². The Morgan fingerprint density at radius 3 is 2.62 bits per heavy atom. The van der Waals surface area contributed by atoms with E-state index in [2.05, 4.69) is 0 Å². The second-order valence-corrected chi connectivity index (χ2v) is 4.03. The van der Waals surface area contributed by atoms with Gasteiger partial charge in [0.2, 0.25) is 0 Å². The molecule has 3 nitrogen and oxygen atoms in total. The zero-order chi connectivity index (χ0) is 9.90. The van der Waals surface area contributed by atoms with E-state index in [9.17, 15) is 8.42 Å². The second-order valence-electron chi connectivity index (χ2n) is 2.73. The third kappa shape index (κ3) is 3.87. The van der Waals surface area contributed by atoms with Gasteiger partial charge in [0.05, 0.1) is 5.41 Å². The smallest absolute Gasteiger partial charge is 0.282 e. The summed E-state index contributed by atoms with van der Waals surface area (Å²) >= 11 is 0. The lowest BCUT2D eigenvalue weighted by molar-refractivity contribution is 0.494. The highest BCUT2D eigenvalue weighted by Crippen LogP contribution is 2.06. The first-order valence-electron chi connectivity index (χ1n) is 3.69. The molecule has 0 heterocycles. The van der Waals surface area contributed by atoms with Gasteiger partial charge in [-0.15, -0.1) is 0 Å². The molecular formula is C9H10O3S. The summed E-state index contributed by atoms with van der Waals surface area (Å²) in [6.45, 7) is 1.91. The average Bonchev–Trinajstić information content (AvgIpc) is 2.00. The lowest BCUT2D eigenvalue weighted by Gasteiger charge is -1.94. The third-order valence-electron chi connectivity index (χ3n) is 1.47. The predicted octanol–water partition coefficient (Wildman–Crippen LogP) is 1.85. The molecule has 13 heavy (non-hydrogen) atoms. The van der Waals surface area contributed by atoms with Gasteiger partial charge in [-0.2, -0.15) is 8.42 Å². The van der Waals surface area contributed by atoms with Crippen LogP contribution in [0.4, 0.5) is 0 Å². The van der Waals surface area contributed by atoms with Crippen molar-refractivity contribution in [3.05, 3.63) is 40.8 Å². The van der Waals surface area contributed by atoms with Crippen LogP contribution in [0.5, 0.6) is 0 Å². The maximum absolute atomic E-state index is 10.4. The van der Waals surface area contributed by atoms with E-state index in [1.54, 1.807) is 6.07 Å². The van der Waals surface area contributed by atoms with Crippen LogP contribution in [0.1, 0.15) is 11.1 Å². The molecular weight excluding hydrogens is 188 g/mol. The molecule has 0 aromatic heterocycles. The van der Waals surface area contributed by atoms with Crippen LogP contribution >= 0.6 is 0 Å². The fourth-order valence-electron chi connectivity index (χ4n) is 0.938. The van der Waals surface area contributed by atoms with Gasteiger partial charge in [-0.1, -0.05) is 29.8 Å². The summed E-state index contributed by atoms with van der Waals surface area (Å²) in [4.78, 5) is 0. The van der Waals surface area contributed by atoms with Crippen molar-refractivity contribution in [1.82, 2.24) is 0 Å². The molecule has 0 radical (unpaired) electrons. The highest BCUT2D eigenvalue weighted by Gasteiger charge is 1.95. The fourth-order valence-corrected chi connectivity index (χ4v) is 1.27. The van der Waals surface area contributed by atoms with Gasteiger partial charge in [0.15, 0.2) is 0 Å². The summed E-state index contributed by atoms with van der Waals surface area (Å²) in [5.41, 5.74) is 1.79. The molecule has 1 aromatic carbocycles. The van der Waals surface area contributed by atoms with Gasteiger partial charge in [0.25, 0.3) is 10.1 Å². The van der Waals surface area contributed by atoms with E-state index < -0.39 is 10.1 Å². The standard InChI is InChI=1S/C9H10O3S/c1-8-3-2-4-9(7-8)5-6-13(10,11)12/h2-7H,1H3,(H,10,11,12)/b6-5+. The molecule has 0 fully saturated rings. The van der Waals surface area contributed by atoms with Crippen molar-refractivity contribution in [3.63, 3.8) is 0 Å². The van der Waals surface area contributed by atoms with Crippen LogP contribution in [-0.4, -0.2) is 13.0 Å². The Labute approximate surface area is 77.5 Å². The van der Waals surface area contributed by atoms with Crippen molar-refractivity contribution in [2.24, 2.45) is 0 Å². The van der Waals surface area contributed by atoms with Gasteiger partial charge >= 0.3 is 0 Å². The zero-order valence-corrected chi connectivity index (χ0v) is 7.95. The Morgan fingerprint density at radius 1 is 1.38 bits per heavy atom. The quantitative estimate of drug-likeness (QED) is 0.738. The molecule has 0 amide bonds. The van der Waals surface area contributed by atoms with Crippen molar-refractivity contribution < 1.29 is 13.0 Å². The van der Waals surface area contributed by atoms with Gasteiger partial charge in [-0.3, -0.25) is 4.55 Å². The van der Waals surface area contributed by atoms with Gasteiger partial charge in [0, 0.05) is 0 Å². The van der Waals surface area contributed by atoms with E-state index in [0.717, 1.165) is 16.5 Å². The van der Waals surface area contributed by atoms with Crippen molar-refractivity contribution in [2.45, 2.75) is 6.92 Å². The summed E-state index contributed by atoms with van der Waals surface area (Å²) < 4.78 is 29.2. The van der Waals surface area contributed by atoms with E-state index in [1.807, 2.05) is 25.1 Å². The number of hydrogen-bond donors (Lipinski definition) is 1. The first-order chi connectivity index (χ1) is 5.97. The van der Waals surface area contributed by atoms with Crippen LogP contribution < -0.4 is 0 Å². The molecule has 0 saturated carbocycles. The van der Waals surface area contributed by atoms with Gasteiger partial charge in [-0.25, -0.2) is 0 Å². The number of benzene rings is 1. The molecule has 70 valence electrons. The van der Waals surface area contributed by atoms with Crippen molar-refractivity contribution in [1.29, 1.82) is 0 Å². The maximum Gasteiger partial charge on any atom is 0.287 e. The lowest BCUT2D eigenvalue weighted by atomic mass is 10.1. The van der Waals surface area contributed by atoms with Crippen LogP contribution in [0.3, 0.4) is 0 Å². The zero-order valence-electron chi connectivity index (χ0n) is 7.14. The average molecular weight is 198 g/mol. The number of hydrogen-bond acceptors (Lipinski definition) is 2. The predicted molar refractivity (Wildman–Crippen MR) is 51.8 cm³/mol. The summed E-state index contributed by atoms with van der Waals surface area (Å²) in [5.74, 6) is 0. The molecule has 0 unspecified atom stereocenters. The summed E-state index contributed by atoms with van der Waals surface area (Å²) in [7, 11) is -4.02. The van der Waals surface area contributed by atoms with Crippen LogP contribution in [0.2, 0.25) is 0 Å². The van der Waals surface area contributed by atoms with Crippen LogP contribution in [0, 0.1) is 6.92 Å². The Balaban J connectivity index is 2.93. The van der Waals surface area contributed by atoms with Crippen molar-refractivity contribution >= 4 is 16.2 Å². The monoisotopic (exact) mass is 198 g/mol. The van der Waals surface area contributed by atoms with E-state index >= 15 is 0 Å². The van der Waals surface area contributed by atoms with Crippen molar-refractivity contribution in [3.8, 4) is 0 Å². The molecule has 0 aliphatic carbocycles. The van der Waals surface area contributed by atoms with Gasteiger partial charge in [0.1, 0.15) is 0 Å². The first kappa shape index (κ1) is 9.95. The summed E-state index contributed by atoms with van der Waals surface area (Å²) in [6.07, 6.45) is 1.35. The Hall–Kier alpha value is -1.13. The van der Waals surface area contributed by atoms with Crippen LogP contribution in [0.15, 0.2) is 29.7 Å². The molecule has 1 rings (SSSR count). The van der Waals surface area contributed by atoms with Gasteiger partial charge < -0.3 is 0 Å². The highest BCUT2D eigenvalue weighted by atomic mass is 32.2. The molecule has 4 heteroatoms. The molecule has 0 aliphatic rings. The van der Waals surface area contributed by atoms with E-state index in [1.165, 1.54) is 6.08 Å². The fraction of sp³-hybridized carbons (Fsp3) is 0.111. The lowest BCUT2D eigenvalue weighted by Crippen LogP contribution is -1.88. The van der Waals surface area contributed by atoms with E-state index in [4.69, 9.17) is 4.55 Å². The maximum atomic E-state index is 10.4. The SMILES string of the molecule is Cc1cccc(/C=C/S(=O)(=O)O)c1. The normalized spacial score (nSPS) is 12.2. The molecule has 0 bridgehead atoms. The third-order valence-corrected chi connectivity index (χ3v) is 1.95. The second kappa shape index (κ2) is 3.72. The first-order valence-corrected chi connectivity index (χ1v) is 5.20. The molecule has 1 aromatic rings.